The average Bonchev–Trinajstić information content (AvgIpc) is 2.28. The summed E-state index contributed by atoms with van der Waals surface area (Å²) in [6, 6.07) is 4.82. The van der Waals surface area contributed by atoms with Gasteiger partial charge in [0.15, 0.2) is 12.4 Å². The number of hydrogen-bond donors (Lipinski definition) is 3. The molecule has 18 heavy (non-hydrogen) atoms. The summed E-state index contributed by atoms with van der Waals surface area (Å²) < 4.78 is 33.0. The van der Waals surface area contributed by atoms with Gasteiger partial charge in [0.05, 0.1) is 11.4 Å². The summed E-state index contributed by atoms with van der Waals surface area (Å²) in [6.45, 7) is 1.82. The summed E-state index contributed by atoms with van der Waals surface area (Å²) in [5.41, 5.74) is 0.733. The molecule has 1 heterocycles. The van der Waals surface area contributed by atoms with E-state index in [0.29, 0.717) is 11.4 Å². The van der Waals surface area contributed by atoms with Crippen LogP contribution in [0.15, 0.2) is 18.2 Å². The van der Waals surface area contributed by atoms with Crippen LogP contribution in [0.5, 0.6) is 5.75 Å². The quantitative estimate of drug-likeness (QED) is 0.733. The summed E-state index contributed by atoms with van der Waals surface area (Å²) in [5, 5.41) is 2.60. The molecular formula is C10H13N3O4S. The van der Waals surface area contributed by atoms with E-state index in [2.05, 4.69) is 14.8 Å². The molecule has 0 radical (unpaired) electrons. The average molecular weight is 271 g/mol. The Morgan fingerprint density at radius 3 is 2.94 bits per heavy atom. The Morgan fingerprint density at radius 2 is 2.22 bits per heavy atom. The summed E-state index contributed by atoms with van der Waals surface area (Å²) in [4.78, 5) is 11.1. The van der Waals surface area contributed by atoms with E-state index >= 15 is 0 Å². The van der Waals surface area contributed by atoms with Gasteiger partial charge in [-0.1, -0.05) is 13.0 Å². The number of hydrogen-bond acceptors (Lipinski definition) is 4. The predicted molar refractivity (Wildman–Crippen MR) is 66.8 cm³/mol. The van der Waals surface area contributed by atoms with E-state index in [1.807, 2.05) is 0 Å². The molecular weight excluding hydrogens is 258 g/mol. The first-order chi connectivity index (χ1) is 8.52. The van der Waals surface area contributed by atoms with Crippen LogP contribution in [-0.2, 0) is 15.0 Å². The van der Waals surface area contributed by atoms with Crippen LogP contribution in [0.25, 0.3) is 0 Å². The maximum Gasteiger partial charge on any atom is 0.299 e. The summed E-state index contributed by atoms with van der Waals surface area (Å²) >= 11 is 0. The van der Waals surface area contributed by atoms with Gasteiger partial charge in [-0.05, 0) is 12.1 Å². The smallest absolute Gasteiger partial charge is 0.299 e. The lowest BCUT2D eigenvalue weighted by Gasteiger charge is -2.21. The van der Waals surface area contributed by atoms with Crippen LogP contribution in [0.4, 0.5) is 11.4 Å². The highest BCUT2D eigenvalue weighted by atomic mass is 32.2. The molecule has 98 valence electrons. The largest absolute Gasteiger partial charge is 0.479 e. The molecule has 1 aromatic rings. The third-order valence-electron chi connectivity index (χ3n) is 2.22. The van der Waals surface area contributed by atoms with Gasteiger partial charge >= 0.3 is 0 Å². The van der Waals surface area contributed by atoms with Crippen molar-refractivity contribution in [1.82, 2.24) is 4.72 Å². The molecule has 1 aliphatic heterocycles. The van der Waals surface area contributed by atoms with Crippen molar-refractivity contribution in [1.29, 1.82) is 0 Å². The second-order valence-corrected chi connectivity index (χ2v) is 5.12. The Morgan fingerprint density at radius 1 is 1.44 bits per heavy atom. The number of amides is 1. The Bertz CT molecular complexity index is 570. The van der Waals surface area contributed by atoms with E-state index in [0.717, 1.165) is 0 Å². The lowest BCUT2D eigenvalue weighted by atomic mass is 10.2. The van der Waals surface area contributed by atoms with Gasteiger partial charge in [0.2, 0.25) is 0 Å². The molecule has 1 aliphatic rings. The number of rotatable bonds is 4. The van der Waals surface area contributed by atoms with E-state index < -0.39 is 10.2 Å². The molecule has 7 nitrogen and oxygen atoms in total. The van der Waals surface area contributed by atoms with Crippen LogP contribution < -0.4 is 19.5 Å². The molecule has 1 aromatic carbocycles. The lowest BCUT2D eigenvalue weighted by molar-refractivity contribution is -0.118. The second kappa shape index (κ2) is 4.83. The highest BCUT2D eigenvalue weighted by molar-refractivity contribution is 7.90. The second-order valence-electron chi connectivity index (χ2n) is 3.62. The number of anilines is 2. The molecule has 0 aromatic heterocycles. The van der Waals surface area contributed by atoms with Crippen molar-refractivity contribution in [2.45, 2.75) is 6.92 Å². The molecule has 0 aliphatic carbocycles. The van der Waals surface area contributed by atoms with Crippen LogP contribution in [-0.4, -0.2) is 27.5 Å². The molecule has 2 rings (SSSR count). The number of carbonyl (C=O) groups excluding carboxylic acids is 1. The molecule has 0 fully saturated rings. The Balaban J connectivity index is 2.30. The number of benzene rings is 1. The van der Waals surface area contributed by atoms with Gasteiger partial charge in [-0.2, -0.15) is 13.1 Å². The first-order valence-corrected chi connectivity index (χ1v) is 6.83. The third kappa shape index (κ3) is 2.71. The van der Waals surface area contributed by atoms with E-state index in [9.17, 15) is 13.2 Å². The van der Waals surface area contributed by atoms with Crippen molar-refractivity contribution >= 4 is 27.5 Å². The van der Waals surface area contributed by atoms with Crippen molar-refractivity contribution in [3.05, 3.63) is 18.2 Å². The van der Waals surface area contributed by atoms with Gasteiger partial charge < -0.3 is 10.1 Å². The lowest BCUT2D eigenvalue weighted by Crippen LogP contribution is -2.31. The van der Waals surface area contributed by atoms with Crippen molar-refractivity contribution in [3.63, 3.8) is 0 Å². The zero-order chi connectivity index (χ0) is 13.2. The van der Waals surface area contributed by atoms with Gasteiger partial charge in [-0.3, -0.25) is 9.52 Å². The third-order valence-corrected chi connectivity index (χ3v) is 3.37. The predicted octanol–water partition coefficient (Wildman–Crippen LogP) is 0.284. The molecule has 1 amide bonds. The Hall–Kier alpha value is -1.80. The van der Waals surface area contributed by atoms with E-state index in [-0.39, 0.29) is 24.7 Å². The van der Waals surface area contributed by atoms with E-state index in [1.54, 1.807) is 25.1 Å². The molecule has 3 N–H and O–H groups in total. The molecule has 0 spiro atoms. The minimum absolute atomic E-state index is 0.132. The monoisotopic (exact) mass is 271 g/mol. The van der Waals surface area contributed by atoms with Gasteiger partial charge in [-0.15, -0.1) is 0 Å². The molecule has 0 saturated carbocycles. The Kier molecular flexibility index (Phi) is 3.39. The number of carbonyl (C=O) groups is 1. The van der Waals surface area contributed by atoms with Crippen LogP contribution in [0.3, 0.4) is 0 Å². The fourth-order valence-corrected chi connectivity index (χ4v) is 2.47. The minimum Gasteiger partial charge on any atom is -0.479 e. The number of para-hydroxylation sites is 1. The normalized spacial score (nSPS) is 14.4. The standard InChI is InChI=1S/C10H13N3O4S/c1-2-11-18(15,16)13-8-5-3-4-7-10(8)17-6-9(14)12-7/h3-5,11,13H,2,6H2,1H3,(H,12,14). The molecule has 0 atom stereocenters. The van der Waals surface area contributed by atoms with Gasteiger partial charge in [0.25, 0.3) is 16.1 Å². The summed E-state index contributed by atoms with van der Waals surface area (Å²) in [7, 11) is -3.62. The van der Waals surface area contributed by atoms with Crippen molar-refractivity contribution in [2.24, 2.45) is 0 Å². The van der Waals surface area contributed by atoms with Crippen molar-refractivity contribution in [2.75, 3.05) is 23.2 Å². The van der Waals surface area contributed by atoms with Crippen LogP contribution in [0.1, 0.15) is 6.92 Å². The molecule has 0 bridgehead atoms. The van der Waals surface area contributed by atoms with E-state index in [4.69, 9.17) is 4.74 Å². The zero-order valence-corrected chi connectivity index (χ0v) is 10.5. The molecule has 0 unspecified atom stereocenters. The maximum atomic E-state index is 11.6. The van der Waals surface area contributed by atoms with Crippen molar-refractivity contribution in [3.8, 4) is 5.75 Å². The number of fused-ring (bicyclic) bond motifs is 1. The number of nitrogens with one attached hydrogen (secondary N) is 3. The maximum absolute atomic E-state index is 11.6. The molecule has 8 heteroatoms. The SMILES string of the molecule is CCNS(=O)(=O)Nc1cccc2c1OCC(=O)N2. The first-order valence-electron chi connectivity index (χ1n) is 5.35. The minimum atomic E-state index is -3.62. The topological polar surface area (TPSA) is 96.5 Å². The molecule has 0 saturated heterocycles. The van der Waals surface area contributed by atoms with E-state index in [1.165, 1.54) is 0 Å². The highest BCUT2D eigenvalue weighted by Gasteiger charge is 2.21. The van der Waals surface area contributed by atoms with Gasteiger partial charge in [-0.25, -0.2) is 0 Å². The van der Waals surface area contributed by atoms with Gasteiger partial charge in [0.1, 0.15) is 0 Å². The van der Waals surface area contributed by atoms with Gasteiger partial charge in [0, 0.05) is 6.54 Å². The van der Waals surface area contributed by atoms with Crippen LogP contribution in [0.2, 0.25) is 0 Å². The fraction of sp³-hybridized carbons (Fsp3) is 0.300. The number of ether oxygens (including phenoxy) is 1. The summed E-state index contributed by atoms with van der Waals surface area (Å²) in [6.07, 6.45) is 0. The fourth-order valence-electron chi connectivity index (χ4n) is 1.57. The highest BCUT2D eigenvalue weighted by Crippen LogP contribution is 2.35. The van der Waals surface area contributed by atoms with Crippen LogP contribution in [0, 0.1) is 0 Å². The zero-order valence-electron chi connectivity index (χ0n) is 9.69. The first kappa shape index (κ1) is 12.7. The summed E-state index contributed by atoms with van der Waals surface area (Å²) in [5.74, 6) is 0.0489. The van der Waals surface area contributed by atoms with Crippen molar-refractivity contribution < 1.29 is 17.9 Å². The Labute approximate surface area is 105 Å². The van der Waals surface area contributed by atoms with Crippen LogP contribution >= 0.6 is 0 Å².